The molecule has 0 fully saturated rings. The lowest BCUT2D eigenvalue weighted by molar-refractivity contribution is -0.0152. The molecule has 0 saturated heterocycles. The summed E-state index contributed by atoms with van der Waals surface area (Å²) in [5.41, 5.74) is 0. The zero-order valence-electron chi connectivity index (χ0n) is 13.7. The molecule has 0 aromatic heterocycles. The highest BCUT2D eigenvalue weighted by atomic mass is 16.6. The normalized spacial score (nSPS) is 14.4. The molecule has 20 heavy (non-hydrogen) atoms. The first-order valence-electron chi connectivity index (χ1n) is 7.70. The van der Waals surface area contributed by atoms with Gasteiger partial charge in [0.15, 0.2) is 0 Å². The molecule has 0 aliphatic rings. The SMILES string of the molecule is CCCNC(C)CC(C)OCCOCCOCCOC. The van der Waals surface area contributed by atoms with Crippen LogP contribution in [0.1, 0.15) is 33.6 Å². The van der Waals surface area contributed by atoms with Crippen molar-refractivity contribution in [3.05, 3.63) is 0 Å². The second kappa shape index (κ2) is 15.2. The highest BCUT2D eigenvalue weighted by Gasteiger charge is 2.07. The average Bonchev–Trinajstić information content (AvgIpc) is 2.43. The van der Waals surface area contributed by atoms with Gasteiger partial charge in [-0.1, -0.05) is 6.92 Å². The summed E-state index contributed by atoms with van der Waals surface area (Å²) in [4.78, 5) is 0. The molecule has 0 amide bonds. The molecule has 0 aliphatic carbocycles. The van der Waals surface area contributed by atoms with Crippen LogP contribution >= 0.6 is 0 Å². The van der Waals surface area contributed by atoms with Gasteiger partial charge in [0.05, 0.1) is 45.7 Å². The molecule has 0 bridgehead atoms. The summed E-state index contributed by atoms with van der Waals surface area (Å²) in [5.74, 6) is 0. The maximum Gasteiger partial charge on any atom is 0.0704 e. The number of rotatable bonds is 15. The summed E-state index contributed by atoms with van der Waals surface area (Å²) in [5, 5.41) is 3.46. The lowest BCUT2D eigenvalue weighted by atomic mass is 10.1. The van der Waals surface area contributed by atoms with Gasteiger partial charge in [0.25, 0.3) is 0 Å². The topological polar surface area (TPSA) is 49.0 Å². The first kappa shape index (κ1) is 19.8. The third-order valence-electron chi connectivity index (χ3n) is 2.86. The zero-order chi connectivity index (χ0) is 15.1. The van der Waals surface area contributed by atoms with Crippen molar-refractivity contribution in [3.8, 4) is 0 Å². The van der Waals surface area contributed by atoms with Gasteiger partial charge in [-0.15, -0.1) is 0 Å². The molecule has 0 aromatic rings. The fourth-order valence-corrected chi connectivity index (χ4v) is 1.81. The first-order chi connectivity index (χ1) is 9.70. The summed E-state index contributed by atoms with van der Waals surface area (Å²) in [7, 11) is 1.66. The fourth-order valence-electron chi connectivity index (χ4n) is 1.81. The maximum absolute atomic E-state index is 5.71. The molecule has 0 heterocycles. The van der Waals surface area contributed by atoms with Crippen molar-refractivity contribution in [2.45, 2.75) is 45.8 Å². The quantitative estimate of drug-likeness (QED) is 0.467. The molecule has 0 rings (SSSR count). The largest absolute Gasteiger partial charge is 0.382 e. The van der Waals surface area contributed by atoms with Gasteiger partial charge < -0.3 is 24.3 Å². The highest BCUT2D eigenvalue weighted by molar-refractivity contribution is 4.64. The highest BCUT2D eigenvalue weighted by Crippen LogP contribution is 2.02. The van der Waals surface area contributed by atoms with Crippen LogP contribution in [0.2, 0.25) is 0 Å². The Balaban J connectivity index is 3.24. The van der Waals surface area contributed by atoms with E-state index in [-0.39, 0.29) is 6.10 Å². The lowest BCUT2D eigenvalue weighted by Gasteiger charge is -2.19. The summed E-state index contributed by atoms with van der Waals surface area (Å²) >= 11 is 0. The Morgan fingerprint density at radius 3 is 2.10 bits per heavy atom. The van der Waals surface area contributed by atoms with E-state index in [4.69, 9.17) is 18.9 Å². The van der Waals surface area contributed by atoms with Crippen molar-refractivity contribution in [2.75, 3.05) is 53.3 Å². The van der Waals surface area contributed by atoms with E-state index in [0.717, 1.165) is 13.0 Å². The average molecular weight is 291 g/mol. The minimum Gasteiger partial charge on any atom is -0.382 e. The fraction of sp³-hybridized carbons (Fsp3) is 1.00. The van der Waals surface area contributed by atoms with Gasteiger partial charge in [0, 0.05) is 13.2 Å². The molecule has 2 unspecified atom stereocenters. The summed E-state index contributed by atoms with van der Waals surface area (Å²) < 4.78 is 21.3. The molecule has 122 valence electrons. The summed E-state index contributed by atoms with van der Waals surface area (Å²) in [6.45, 7) is 11.3. The molecule has 0 aromatic carbocycles. The minimum atomic E-state index is 0.260. The van der Waals surface area contributed by atoms with Crippen molar-refractivity contribution in [2.24, 2.45) is 0 Å². The lowest BCUT2D eigenvalue weighted by Crippen LogP contribution is -2.31. The Morgan fingerprint density at radius 1 is 0.900 bits per heavy atom. The molecule has 5 heteroatoms. The standard InChI is InChI=1S/C15H33NO4/c1-5-6-16-14(2)13-15(3)20-12-11-19-10-9-18-8-7-17-4/h14-16H,5-13H2,1-4H3. The van der Waals surface area contributed by atoms with Crippen molar-refractivity contribution in [3.63, 3.8) is 0 Å². The van der Waals surface area contributed by atoms with E-state index in [2.05, 4.69) is 26.1 Å². The number of hydrogen-bond donors (Lipinski definition) is 1. The Hall–Kier alpha value is -0.200. The van der Waals surface area contributed by atoms with Crippen LogP contribution in [-0.2, 0) is 18.9 Å². The van der Waals surface area contributed by atoms with E-state index in [0.29, 0.717) is 45.7 Å². The predicted molar refractivity (Wildman–Crippen MR) is 81.3 cm³/mol. The Kier molecular flexibility index (Phi) is 15.0. The van der Waals surface area contributed by atoms with Crippen molar-refractivity contribution >= 4 is 0 Å². The molecular weight excluding hydrogens is 258 g/mol. The molecule has 0 saturated carbocycles. The molecular formula is C15H33NO4. The van der Waals surface area contributed by atoms with Crippen LogP contribution in [0.5, 0.6) is 0 Å². The van der Waals surface area contributed by atoms with Gasteiger partial charge in [-0.05, 0) is 33.2 Å². The van der Waals surface area contributed by atoms with E-state index in [1.807, 2.05) is 0 Å². The minimum absolute atomic E-state index is 0.260. The Bertz CT molecular complexity index is 193. The molecule has 5 nitrogen and oxygen atoms in total. The molecule has 2 atom stereocenters. The van der Waals surface area contributed by atoms with Gasteiger partial charge >= 0.3 is 0 Å². The third-order valence-corrected chi connectivity index (χ3v) is 2.86. The molecule has 1 N–H and O–H groups in total. The number of nitrogens with one attached hydrogen (secondary N) is 1. The van der Waals surface area contributed by atoms with Crippen molar-refractivity contribution in [1.29, 1.82) is 0 Å². The molecule has 0 aliphatic heterocycles. The van der Waals surface area contributed by atoms with Crippen LogP contribution in [0.4, 0.5) is 0 Å². The van der Waals surface area contributed by atoms with E-state index >= 15 is 0 Å². The van der Waals surface area contributed by atoms with Crippen LogP contribution in [0.15, 0.2) is 0 Å². The maximum atomic E-state index is 5.71. The van der Waals surface area contributed by atoms with Gasteiger partial charge in [0.1, 0.15) is 0 Å². The van der Waals surface area contributed by atoms with E-state index < -0.39 is 0 Å². The van der Waals surface area contributed by atoms with Crippen molar-refractivity contribution in [1.82, 2.24) is 5.32 Å². The van der Waals surface area contributed by atoms with Crippen LogP contribution < -0.4 is 5.32 Å². The van der Waals surface area contributed by atoms with E-state index in [9.17, 15) is 0 Å². The van der Waals surface area contributed by atoms with Crippen LogP contribution in [-0.4, -0.2) is 65.4 Å². The summed E-state index contributed by atoms with van der Waals surface area (Å²) in [6, 6.07) is 0.500. The monoisotopic (exact) mass is 291 g/mol. The van der Waals surface area contributed by atoms with E-state index in [1.54, 1.807) is 7.11 Å². The first-order valence-corrected chi connectivity index (χ1v) is 7.70. The second-order valence-electron chi connectivity index (χ2n) is 4.99. The Labute approximate surface area is 124 Å². The number of methoxy groups -OCH3 is 1. The third kappa shape index (κ3) is 14.2. The zero-order valence-corrected chi connectivity index (χ0v) is 13.7. The van der Waals surface area contributed by atoms with Gasteiger partial charge in [-0.25, -0.2) is 0 Å². The van der Waals surface area contributed by atoms with E-state index in [1.165, 1.54) is 6.42 Å². The molecule has 0 spiro atoms. The van der Waals surface area contributed by atoms with Gasteiger partial charge in [-0.3, -0.25) is 0 Å². The summed E-state index contributed by atoms with van der Waals surface area (Å²) in [6.07, 6.45) is 2.45. The van der Waals surface area contributed by atoms with Gasteiger partial charge in [0.2, 0.25) is 0 Å². The molecule has 0 radical (unpaired) electrons. The van der Waals surface area contributed by atoms with Gasteiger partial charge in [-0.2, -0.15) is 0 Å². The number of hydrogen-bond acceptors (Lipinski definition) is 5. The smallest absolute Gasteiger partial charge is 0.0704 e. The van der Waals surface area contributed by atoms with Crippen LogP contribution in [0.25, 0.3) is 0 Å². The Morgan fingerprint density at radius 2 is 1.50 bits per heavy atom. The van der Waals surface area contributed by atoms with Crippen LogP contribution in [0, 0.1) is 0 Å². The second-order valence-corrected chi connectivity index (χ2v) is 4.99. The van der Waals surface area contributed by atoms with Crippen LogP contribution in [0.3, 0.4) is 0 Å². The van der Waals surface area contributed by atoms with Crippen molar-refractivity contribution < 1.29 is 18.9 Å². The number of ether oxygens (including phenoxy) is 4. The predicted octanol–water partition coefficient (Wildman–Crippen LogP) is 1.85.